The van der Waals surface area contributed by atoms with Gasteiger partial charge in [-0.3, -0.25) is 24.6 Å². The highest BCUT2D eigenvalue weighted by atomic mass is 16.7. The summed E-state index contributed by atoms with van der Waals surface area (Å²) in [7, 11) is 1.56. The highest BCUT2D eigenvalue weighted by Gasteiger charge is 2.48. The van der Waals surface area contributed by atoms with E-state index >= 15 is 0 Å². The fourth-order valence-corrected chi connectivity index (χ4v) is 5.96. The number of para-hydroxylation sites is 1. The van der Waals surface area contributed by atoms with E-state index in [0.29, 0.717) is 41.5 Å². The summed E-state index contributed by atoms with van der Waals surface area (Å²) in [5.41, 5.74) is 3.67. The van der Waals surface area contributed by atoms with E-state index in [1.54, 1.807) is 31.4 Å². The van der Waals surface area contributed by atoms with Crippen molar-refractivity contribution in [1.82, 2.24) is 4.90 Å². The molecular formula is C31H33N3O8. The number of aliphatic carboxylic acids is 1. The summed E-state index contributed by atoms with van der Waals surface area (Å²) in [5, 5.41) is 24.5. The van der Waals surface area contributed by atoms with E-state index in [-0.39, 0.29) is 37.1 Å². The lowest BCUT2D eigenvalue weighted by atomic mass is 9.82. The number of nitrogens with one attached hydrogen (secondary N) is 1. The highest BCUT2D eigenvalue weighted by Crippen LogP contribution is 2.47. The second kappa shape index (κ2) is 12.5. The summed E-state index contributed by atoms with van der Waals surface area (Å²) in [6.45, 7) is 2.04. The Bertz CT molecular complexity index is 1480. The minimum Gasteiger partial charge on any atom is -0.497 e. The van der Waals surface area contributed by atoms with Crippen molar-refractivity contribution in [3.63, 3.8) is 0 Å². The Morgan fingerprint density at radius 1 is 1.07 bits per heavy atom. The SMILES string of the molecule is CCc1cccc(CC[N+](=O)[O-])c1NC(=O)CN1CC(c2ccc3c(c2)OCO3)C(C(=O)O)C1c1ccc(OC)cc1. The van der Waals surface area contributed by atoms with Crippen molar-refractivity contribution in [3.8, 4) is 17.2 Å². The lowest BCUT2D eigenvalue weighted by Gasteiger charge is -2.27. The minimum absolute atomic E-state index is 0.0751. The van der Waals surface area contributed by atoms with Gasteiger partial charge < -0.3 is 24.6 Å². The molecule has 1 fully saturated rings. The molecule has 11 heteroatoms. The summed E-state index contributed by atoms with van der Waals surface area (Å²) < 4.78 is 16.3. The van der Waals surface area contributed by atoms with Crippen molar-refractivity contribution < 1.29 is 33.8 Å². The Labute approximate surface area is 243 Å². The van der Waals surface area contributed by atoms with Gasteiger partial charge in [-0.05, 0) is 52.9 Å². The van der Waals surface area contributed by atoms with Crippen molar-refractivity contribution in [1.29, 1.82) is 0 Å². The number of carboxylic acids is 1. The van der Waals surface area contributed by atoms with Crippen LogP contribution >= 0.6 is 0 Å². The molecule has 2 heterocycles. The van der Waals surface area contributed by atoms with E-state index < -0.39 is 23.8 Å². The van der Waals surface area contributed by atoms with Crippen LogP contribution in [-0.2, 0) is 22.4 Å². The lowest BCUT2D eigenvalue weighted by Crippen LogP contribution is -2.35. The number of likely N-dealkylation sites (tertiary alicyclic amines) is 1. The quantitative estimate of drug-likeness (QED) is 0.253. The molecule has 5 rings (SSSR count). The number of hydrogen-bond acceptors (Lipinski definition) is 8. The van der Waals surface area contributed by atoms with Crippen molar-refractivity contribution in [3.05, 3.63) is 93.0 Å². The van der Waals surface area contributed by atoms with Crippen molar-refractivity contribution in [2.24, 2.45) is 5.92 Å². The van der Waals surface area contributed by atoms with E-state index in [2.05, 4.69) is 5.32 Å². The molecule has 3 unspecified atom stereocenters. The summed E-state index contributed by atoms with van der Waals surface area (Å²) >= 11 is 0. The van der Waals surface area contributed by atoms with E-state index in [1.165, 1.54) is 0 Å². The summed E-state index contributed by atoms with van der Waals surface area (Å²) in [6.07, 6.45) is 0.815. The summed E-state index contributed by atoms with van der Waals surface area (Å²) in [6, 6.07) is 17.5. The third-order valence-electron chi connectivity index (χ3n) is 7.96. The molecule has 0 saturated carbocycles. The third-order valence-corrected chi connectivity index (χ3v) is 7.96. The number of methoxy groups -OCH3 is 1. The van der Waals surface area contributed by atoms with Gasteiger partial charge >= 0.3 is 5.97 Å². The molecule has 42 heavy (non-hydrogen) atoms. The number of aryl methyl sites for hydroxylation is 1. The molecular weight excluding hydrogens is 542 g/mol. The van der Waals surface area contributed by atoms with Gasteiger partial charge in [-0.2, -0.15) is 0 Å². The maximum atomic E-state index is 13.6. The first-order chi connectivity index (χ1) is 20.3. The summed E-state index contributed by atoms with van der Waals surface area (Å²) in [5.74, 6) is -0.785. The molecule has 11 nitrogen and oxygen atoms in total. The van der Waals surface area contributed by atoms with Gasteiger partial charge in [0.05, 0.1) is 19.6 Å². The smallest absolute Gasteiger partial charge is 0.309 e. The van der Waals surface area contributed by atoms with Crippen LogP contribution in [0.15, 0.2) is 60.7 Å². The van der Waals surface area contributed by atoms with Crippen molar-refractivity contribution in [2.45, 2.75) is 31.7 Å². The van der Waals surface area contributed by atoms with Crippen LogP contribution in [0.1, 0.15) is 41.1 Å². The Morgan fingerprint density at radius 3 is 2.48 bits per heavy atom. The standard InChI is InChI=1S/C31H33N3O8/c1-3-19-5-4-6-20(13-14-34(38)39)29(19)32-27(35)17-33-16-24(22-9-12-25-26(15-22)42-18-41-25)28(31(36)37)30(33)21-7-10-23(40-2)11-8-21/h4-12,15,24,28,30H,3,13-14,16-18H2,1-2H3,(H,32,35)(H,36,37). The van der Waals surface area contributed by atoms with Gasteiger partial charge in [0, 0.05) is 35.5 Å². The van der Waals surface area contributed by atoms with E-state index in [0.717, 1.165) is 16.7 Å². The number of hydrogen-bond donors (Lipinski definition) is 2. The Morgan fingerprint density at radius 2 is 1.79 bits per heavy atom. The molecule has 1 amide bonds. The molecule has 0 aliphatic carbocycles. The average Bonchev–Trinajstić information content (AvgIpc) is 3.61. The van der Waals surface area contributed by atoms with Gasteiger partial charge in [0.1, 0.15) is 5.75 Å². The van der Waals surface area contributed by atoms with Crippen molar-refractivity contribution >= 4 is 17.6 Å². The average molecular weight is 576 g/mol. The number of nitro groups is 1. The number of ether oxygens (including phenoxy) is 3. The van der Waals surface area contributed by atoms with Gasteiger partial charge in [0.15, 0.2) is 11.5 Å². The van der Waals surface area contributed by atoms with Crippen LogP contribution in [0.25, 0.3) is 0 Å². The number of carbonyl (C=O) groups is 2. The zero-order valence-electron chi connectivity index (χ0n) is 23.4. The molecule has 0 bridgehead atoms. The van der Waals surface area contributed by atoms with Gasteiger partial charge in [-0.1, -0.05) is 43.3 Å². The molecule has 0 radical (unpaired) electrons. The third kappa shape index (κ3) is 6.01. The molecule has 3 aromatic carbocycles. The Kier molecular flexibility index (Phi) is 8.58. The largest absolute Gasteiger partial charge is 0.497 e. The fraction of sp³-hybridized carbons (Fsp3) is 0.355. The van der Waals surface area contributed by atoms with Gasteiger partial charge in [-0.15, -0.1) is 0 Å². The van der Waals surface area contributed by atoms with E-state index in [9.17, 15) is 24.8 Å². The number of nitrogens with zero attached hydrogens (tertiary/aromatic N) is 2. The topological polar surface area (TPSA) is 140 Å². The lowest BCUT2D eigenvalue weighted by molar-refractivity contribution is -0.479. The highest BCUT2D eigenvalue weighted by molar-refractivity contribution is 5.94. The second-order valence-electron chi connectivity index (χ2n) is 10.4. The van der Waals surface area contributed by atoms with E-state index in [1.807, 2.05) is 48.2 Å². The Balaban J connectivity index is 1.47. The molecule has 2 N–H and O–H groups in total. The van der Waals surface area contributed by atoms with Crippen LogP contribution in [0.2, 0.25) is 0 Å². The molecule has 1 saturated heterocycles. The van der Waals surface area contributed by atoms with Gasteiger partial charge in [0.2, 0.25) is 19.2 Å². The van der Waals surface area contributed by atoms with Crippen LogP contribution in [0.3, 0.4) is 0 Å². The van der Waals surface area contributed by atoms with Crippen LogP contribution in [-0.4, -0.2) is 60.3 Å². The predicted molar refractivity (Wildman–Crippen MR) is 154 cm³/mol. The molecule has 0 aromatic heterocycles. The first kappa shape index (κ1) is 28.9. The van der Waals surface area contributed by atoms with Crippen LogP contribution in [0.4, 0.5) is 5.69 Å². The number of fused-ring (bicyclic) bond motifs is 1. The van der Waals surface area contributed by atoms with Crippen LogP contribution in [0, 0.1) is 16.0 Å². The number of amides is 1. The van der Waals surface area contributed by atoms with Gasteiger partial charge in [-0.25, -0.2) is 0 Å². The molecule has 0 spiro atoms. The van der Waals surface area contributed by atoms with E-state index in [4.69, 9.17) is 14.2 Å². The van der Waals surface area contributed by atoms with Crippen LogP contribution in [0.5, 0.6) is 17.2 Å². The maximum Gasteiger partial charge on any atom is 0.309 e. The minimum atomic E-state index is -0.972. The maximum absolute atomic E-state index is 13.6. The zero-order chi connectivity index (χ0) is 29.8. The zero-order valence-corrected chi connectivity index (χ0v) is 23.4. The van der Waals surface area contributed by atoms with Gasteiger partial charge in [0.25, 0.3) is 0 Å². The number of anilines is 1. The normalized spacial score (nSPS) is 19.4. The molecule has 3 aromatic rings. The predicted octanol–water partition coefficient (Wildman–Crippen LogP) is 4.29. The molecule has 2 aliphatic rings. The first-order valence-corrected chi connectivity index (χ1v) is 13.8. The molecule has 220 valence electrons. The second-order valence-corrected chi connectivity index (χ2v) is 10.4. The summed E-state index contributed by atoms with van der Waals surface area (Å²) in [4.78, 5) is 39.0. The number of rotatable bonds is 11. The monoisotopic (exact) mass is 575 g/mol. The molecule has 2 aliphatic heterocycles. The fourth-order valence-electron chi connectivity index (χ4n) is 5.96. The number of carboxylic acid groups (broad SMARTS) is 1. The number of carbonyl (C=O) groups excluding carboxylic acids is 1. The van der Waals surface area contributed by atoms with Crippen LogP contribution < -0.4 is 19.5 Å². The Hall–Kier alpha value is -4.64. The molecule has 3 atom stereocenters. The van der Waals surface area contributed by atoms with Crippen molar-refractivity contribution in [2.75, 3.05) is 38.9 Å². The number of benzene rings is 3. The first-order valence-electron chi connectivity index (χ1n) is 13.8.